The first-order valence-corrected chi connectivity index (χ1v) is 13.0. The normalized spacial score (nSPS) is 26.4. The van der Waals surface area contributed by atoms with Crippen LogP contribution >= 0.6 is 11.6 Å². The molecule has 172 valence electrons. The Bertz CT molecular complexity index is 683. The van der Waals surface area contributed by atoms with Gasteiger partial charge in [0.15, 0.2) is 0 Å². The Morgan fingerprint density at radius 2 is 1.65 bits per heavy atom. The van der Waals surface area contributed by atoms with Gasteiger partial charge in [0.25, 0.3) is 0 Å². The van der Waals surface area contributed by atoms with Crippen LogP contribution in [0, 0.1) is 11.8 Å². The summed E-state index contributed by atoms with van der Waals surface area (Å²) in [4.78, 5) is 24.5. The fourth-order valence-electron chi connectivity index (χ4n) is 5.36. The molecule has 2 aliphatic carbocycles. The van der Waals surface area contributed by atoms with Crippen LogP contribution in [0.15, 0.2) is 24.3 Å². The molecule has 0 saturated heterocycles. The SMILES string of the molecule is CCCC(=O)O[C@H]1CC[C@H](c2ccc(CC(=O)[C@H]3CC[C@H](CCCCl)CC3)cc2)CC1. The van der Waals surface area contributed by atoms with Gasteiger partial charge in [0.1, 0.15) is 11.9 Å². The molecule has 0 spiro atoms. The fourth-order valence-corrected chi connectivity index (χ4v) is 5.51. The van der Waals surface area contributed by atoms with Crippen molar-refractivity contribution in [2.24, 2.45) is 11.8 Å². The van der Waals surface area contributed by atoms with Gasteiger partial charge in [0.2, 0.25) is 0 Å². The maximum Gasteiger partial charge on any atom is 0.306 e. The summed E-state index contributed by atoms with van der Waals surface area (Å²) in [6.45, 7) is 2.00. The zero-order valence-corrected chi connectivity index (χ0v) is 19.9. The molecular formula is C27H39ClO3. The Hall–Kier alpha value is -1.35. The molecule has 31 heavy (non-hydrogen) atoms. The lowest BCUT2D eigenvalue weighted by Gasteiger charge is -2.29. The molecule has 0 N–H and O–H groups in total. The van der Waals surface area contributed by atoms with Crippen LogP contribution in [0.1, 0.15) is 101 Å². The van der Waals surface area contributed by atoms with Crippen LogP contribution in [0.5, 0.6) is 0 Å². The number of carbonyl (C=O) groups is 2. The molecule has 0 aromatic heterocycles. The predicted molar refractivity (Wildman–Crippen MR) is 127 cm³/mol. The maximum absolute atomic E-state index is 12.8. The van der Waals surface area contributed by atoms with Crippen LogP contribution in [0.25, 0.3) is 0 Å². The standard InChI is InChI=1S/C27H39ClO3/c1-2-4-27(30)31-25-16-14-23(15-17-25)22-10-8-21(9-11-22)19-26(29)24-12-6-20(7-13-24)5-3-18-28/h8-11,20,23-25H,2-7,12-19H2,1H3/t20-,23-,24-,25-. The lowest BCUT2D eigenvalue weighted by Crippen LogP contribution is -2.24. The summed E-state index contributed by atoms with van der Waals surface area (Å²) in [6.07, 6.45) is 12.9. The zero-order chi connectivity index (χ0) is 22.1. The molecule has 4 heteroatoms. The van der Waals surface area contributed by atoms with Crippen molar-refractivity contribution in [2.75, 3.05) is 5.88 Å². The Kier molecular flexibility index (Phi) is 9.90. The number of ketones is 1. The van der Waals surface area contributed by atoms with Crippen LogP contribution in [-0.4, -0.2) is 23.7 Å². The molecule has 2 aliphatic rings. The van der Waals surface area contributed by atoms with E-state index in [1.165, 1.54) is 24.8 Å². The molecule has 1 aromatic rings. The van der Waals surface area contributed by atoms with Crippen LogP contribution in [0.3, 0.4) is 0 Å². The number of halogens is 1. The molecule has 3 rings (SSSR count). The van der Waals surface area contributed by atoms with Crippen molar-refractivity contribution in [3.05, 3.63) is 35.4 Å². The van der Waals surface area contributed by atoms with E-state index in [-0.39, 0.29) is 18.0 Å². The van der Waals surface area contributed by atoms with Crippen LogP contribution in [-0.2, 0) is 20.7 Å². The van der Waals surface area contributed by atoms with Crippen molar-refractivity contribution >= 4 is 23.4 Å². The van der Waals surface area contributed by atoms with E-state index in [1.54, 1.807) is 0 Å². The van der Waals surface area contributed by atoms with E-state index in [2.05, 4.69) is 24.3 Å². The van der Waals surface area contributed by atoms with Gasteiger partial charge in [-0.2, -0.15) is 0 Å². The number of carbonyl (C=O) groups excluding carboxylic acids is 2. The first-order chi connectivity index (χ1) is 15.1. The highest BCUT2D eigenvalue weighted by Crippen LogP contribution is 2.35. The van der Waals surface area contributed by atoms with E-state index in [0.29, 0.717) is 24.5 Å². The largest absolute Gasteiger partial charge is 0.462 e. The lowest BCUT2D eigenvalue weighted by atomic mass is 9.77. The predicted octanol–water partition coefficient (Wildman–Crippen LogP) is 6.99. The van der Waals surface area contributed by atoms with E-state index in [9.17, 15) is 9.59 Å². The highest BCUT2D eigenvalue weighted by atomic mass is 35.5. The van der Waals surface area contributed by atoms with Crippen molar-refractivity contribution in [2.45, 2.75) is 102 Å². The summed E-state index contributed by atoms with van der Waals surface area (Å²) in [5.41, 5.74) is 2.49. The smallest absolute Gasteiger partial charge is 0.306 e. The molecule has 1 aromatic carbocycles. The molecule has 2 fully saturated rings. The molecule has 0 bridgehead atoms. The average molecular weight is 447 g/mol. The molecule has 2 saturated carbocycles. The minimum Gasteiger partial charge on any atom is -0.462 e. The number of esters is 1. The van der Waals surface area contributed by atoms with Crippen LogP contribution in [0.4, 0.5) is 0 Å². The molecule has 0 radical (unpaired) electrons. The number of hydrogen-bond donors (Lipinski definition) is 0. The summed E-state index contributed by atoms with van der Waals surface area (Å²) in [5, 5.41) is 0. The molecule has 0 heterocycles. The number of rotatable bonds is 10. The average Bonchev–Trinajstić information content (AvgIpc) is 2.79. The number of hydrogen-bond acceptors (Lipinski definition) is 3. The topological polar surface area (TPSA) is 43.4 Å². The van der Waals surface area contributed by atoms with E-state index < -0.39 is 0 Å². The summed E-state index contributed by atoms with van der Waals surface area (Å²) in [7, 11) is 0. The molecule has 0 unspecified atom stereocenters. The van der Waals surface area contributed by atoms with Crippen LogP contribution < -0.4 is 0 Å². The Morgan fingerprint density at radius 1 is 0.968 bits per heavy atom. The summed E-state index contributed by atoms with van der Waals surface area (Å²) in [6, 6.07) is 8.71. The highest BCUT2D eigenvalue weighted by Gasteiger charge is 2.27. The van der Waals surface area contributed by atoms with Gasteiger partial charge < -0.3 is 4.74 Å². The molecule has 0 atom stereocenters. The Labute approximate surface area is 193 Å². The first-order valence-electron chi connectivity index (χ1n) is 12.5. The van der Waals surface area contributed by atoms with E-state index in [0.717, 1.165) is 68.7 Å². The van der Waals surface area contributed by atoms with Crippen molar-refractivity contribution in [3.63, 3.8) is 0 Å². The van der Waals surface area contributed by atoms with Crippen LogP contribution in [0.2, 0.25) is 0 Å². The fraction of sp³-hybridized carbons (Fsp3) is 0.704. The van der Waals surface area contributed by atoms with Crippen molar-refractivity contribution in [1.29, 1.82) is 0 Å². The van der Waals surface area contributed by atoms with E-state index in [1.807, 2.05) is 6.92 Å². The minimum atomic E-state index is -0.0521. The Morgan fingerprint density at radius 3 is 2.26 bits per heavy atom. The molecule has 0 aliphatic heterocycles. The monoisotopic (exact) mass is 446 g/mol. The third-order valence-electron chi connectivity index (χ3n) is 7.30. The number of ether oxygens (including phenoxy) is 1. The van der Waals surface area contributed by atoms with Gasteiger partial charge in [-0.1, -0.05) is 31.2 Å². The second kappa shape index (κ2) is 12.6. The quantitative estimate of drug-likeness (QED) is 0.287. The van der Waals surface area contributed by atoms with Crippen molar-refractivity contribution in [3.8, 4) is 0 Å². The third-order valence-corrected chi connectivity index (χ3v) is 7.57. The minimum absolute atomic E-state index is 0.0521. The van der Waals surface area contributed by atoms with Gasteiger partial charge in [-0.15, -0.1) is 11.6 Å². The molecule has 0 amide bonds. The van der Waals surface area contributed by atoms with Gasteiger partial charge in [0, 0.05) is 24.6 Å². The summed E-state index contributed by atoms with van der Waals surface area (Å²) < 4.78 is 5.58. The van der Waals surface area contributed by atoms with E-state index >= 15 is 0 Å². The van der Waals surface area contributed by atoms with Crippen molar-refractivity contribution in [1.82, 2.24) is 0 Å². The van der Waals surface area contributed by atoms with Gasteiger partial charge in [0.05, 0.1) is 0 Å². The van der Waals surface area contributed by atoms with Gasteiger partial charge in [-0.05, 0) is 93.6 Å². The molecular weight excluding hydrogens is 408 g/mol. The second-order valence-corrected chi connectivity index (χ2v) is 10.0. The van der Waals surface area contributed by atoms with Gasteiger partial charge in [-0.25, -0.2) is 0 Å². The van der Waals surface area contributed by atoms with E-state index in [4.69, 9.17) is 16.3 Å². The number of Topliss-reactive ketones (excluding diaryl/α,β-unsaturated/α-hetero) is 1. The second-order valence-electron chi connectivity index (χ2n) is 9.65. The van der Waals surface area contributed by atoms with Crippen molar-refractivity contribution < 1.29 is 14.3 Å². The molecule has 3 nitrogen and oxygen atoms in total. The maximum atomic E-state index is 12.8. The highest BCUT2D eigenvalue weighted by molar-refractivity contribution is 6.17. The third kappa shape index (κ3) is 7.63. The number of benzene rings is 1. The lowest BCUT2D eigenvalue weighted by molar-refractivity contribution is -0.150. The summed E-state index contributed by atoms with van der Waals surface area (Å²) in [5.74, 6) is 2.67. The van der Waals surface area contributed by atoms with Gasteiger partial charge >= 0.3 is 5.97 Å². The summed E-state index contributed by atoms with van der Waals surface area (Å²) >= 11 is 5.81. The zero-order valence-electron chi connectivity index (χ0n) is 19.1. The number of alkyl halides is 1. The first kappa shape index (κ1) is 24.3. The van der Waals surface area contributed by atoms with Gasteiger partial charge in [-0.3, -0.25) is 9.59 Å². The Balaban J connectivity index is 1.41.